The van der Waals surface area contributed by atoms with Crippen LogP contribution < -0.4 is 5.32 Å². The summed E-state index contributed by atoms with van der Waals surface area (Å²) >= 11 is 0. The standard InChI is InChI=1S/C12H15N5O4/c1-13-9-6-10(15-4-14-9)17(5-16-6)11-7-8(19)12(2-18,21-11)3-20-7/h4-5,7-8,11,18-19H,2-3H2,1H3,(H,13,14,15)/t7-,8?,11+,12-/m0/s1. The lowest BCUT2D eigenvalue weighted by atomic mass is 10.0. The predicted molar refractivity (Wildman–Crippen MR) is 70.6 cm³/mol. The summed E-state index contributed by atoms with van der Waals surface area (Å²) in [5.74, 6) is 0.611. The number of nitrogens with one attached hydrogen (secondary N) is 1. The first-order chi connectivity index (χ1) is 10.2. The summed E-state index contributed by atoms with van der Waals surface area (Å²) in [6.07, 6.45) is 0.995. The SMILES string of the molecule is CNc1ncnc2c1ncn2[C@@H]1O[C@@]2(CO)CO[C@H]1C2O. The Hall–Kier alpha value is -1.81. The van der Waals surface area contributed by atoms with Gasteiger partial charge in [0.1, 0.15) is 29.7 Å². The first-order valence-corrected chi connectivity index (χ1v) is 6.64. The maximum absolute atomic E-state index is 10.2. The molecule has 3 N–H and O–H groups in total. The molecule has 4 atom stereocenters. The number of hydrogen-bond donors (Lipinski definition) is 3. The molecule has 4 heterocycles. The summed E-state index contributed by atoms with van der Waals surface area (Å²) in [5, 5.41) is 22.7. The minimum absolute atomic E-state index is 0.176. The van der Waals surface area contributed by atoms with E-state index in [0.29, 0.717) is 17.0 Å². The van der Waals surface area contributed by atoms with Crippen LogP contribution in [0.1, 0.15) is 6.23 Å². The predicted octanol–water partition coefficient (Wildman–Crippen LogP) is -1.11. The number of anilines is 1. The van der Waals surface area contributed by atoms with Gasteiger partial charge in [-0.2, -0.15) is 0 Å². The van der Waals surface area contributed by atoms with E-state index in [9.17, 15) is 10.2 Å². The Morgan fingerprint density at radius 3 is 3.05 bits per heavy atom. The van der Waals surface area contributed by atoms with Crippen LogP contribution in [-0.4, -0.2) is 67.8 Å². The minimum Gasteiger partial charge on any atom is -0.393 e. The highest BCUT2D eigenvalue weighted by molar-refractivity contribution is 5.82. The number of fused-ring (bicyclic) bond motifs is 3. The minimum atomic E-state index is -1.06. The highest BCUT2D eigenvalue weighted by atomic mass is 16.7. The fourth-order valence-corrected chi connectivity index (χ4v) is 2.98. The largest absolute Gasteiger partial charge is 0.393 e. The Morgan fingerprint density at radius 1 is 1.48 bits per heavy atom. The van der Waals surface area contributed by atoms with Crippen LogP contribution in [0.3, 0.4) is 0 Å². The summed E-state index contributed by atoms with van der Waals surface area (Å²) in [6, 6.07) is 0. The summed E-state index contributed by atoms with van der Waals surface area (Å²) in [5.41, 5.74) is 0.125. The van der Waals surface area contributed by atoms with E-state index in [0.717, 1.165) is 0 Å². The Kier molecular flexibility index (Phi) is 2.67. The zero-order valence-corrected chi connectivity index (χ0v) is 11.3. The third-order valence-electron chi connectivity index (χ3n) is 4.14. The molecule has 2 aliphatic rings. The number of hydrogen-bond acceptors (Lipinski definition) is 8. The lowest BCUT2D eigenvalue weighted by Crippen LogP contribution is -2.44. The van der Waals surface area contributed by atoms with Gasteiger partial charge in [-0.15, -0.1) is 0 Å². The van der Waals surface area contributed by atoms with Crippen LogP contribution in [0.15, 0.2) is 12.7 Å². The molecule has 1 unspecified atom stereocenters. The van der Waals surface area contributed by atoms with E-state index in [-0.39, 0.29) is 13.2 Å². The molecule has 2 saturated heterocycles. The van der Waals surface area contributed by atoms with Crippen LogP contribution in [-0.2, 0) is 9.47 Å². The molecule has 2 fully saturated rings. The highest BCUT2D eigenvalue weighted by Gasteiger charge is 2.61. The molecule has 0 spiro atoms. The second kappa shape index (κ2) is 4.34. The molecular formula is C12H15N5O4. The van der Waals surface area contributed by atoms with Gasteiger partial charge in [0.05, 0.1) is 19.5 Å². The highest BCUT2D eigenvalue weighted by Crippen LogP contribution is 2.45. The van der Waals surface area contributed by atoms with Crippen LogP contribution in [0.4, 0.5) is 5.82 Å². The van der Waals surface area contributed by atoms with Gasteiger partial charge in [-0.3, -0.25) is 4.57 Å². The van der Waals surface area contributed by atoms with Crippen molar-refractivity contribution in [3.8, 4) is 0 Å². The summed E-state index contributed by atoms with van der Waals surface area (Å²) < 4.78 is 13.1. The van der Waals surface area contributed by atoms with Gasteiger partial charge in [0.2, 0.25) is 0 Å². The van der Waals surface area contributed by atoms with E-state index < -0.39 is 24.0 Å². The second-order valence-corrected chi connectivity index (χ2v) is 5.25. The zero-order chi connectivity index (χ0) is 14.6. The van der Waals surface area contributed by atoms with Gasteiger partial charge < -0.3 is 25.0 Å². The number of nitrogens with zero attached hydrogens (tertiary/aromatic N) is 4. The summed E-state index contributed by atoms with van der Waals surface area (Å²) in [7, 11) is 1.75. The average Bonchev–Trinajstić information content (AvgIpc) is 3.17. The van der Waals surface area contributed by atoms with Crippen molar-refractivity contribution in [2.45, 2.75) is 24.0 Å². The Labute approximate surface area is 119 Å². The smallest absolute Gasteiger partial charge is 0.167 e. The Bertz CT molecular complexity index is 691. The van der Waals surface area contributed by atoms with Gasteiger partial charge in [-0.1, -0.05) is 0 Å². The first kappa shape index (κ1) is 12.9. The first-order valence-electron chi connectivity index (χ1n) is 6.64. The van der Waals surface area contributed by atoms with Crippen LogP contribution >= 0.6 is 0 Å². The van der Waals surface area contributed by atoms with Crippen molar-refractivity contribution in [1.82, 2.24) is 19.5 Å². The summed E-state index contributed by atoms with van der Waals surface area (Å²) in [6.45, 7) is -0.125. The molecule has 2 aromatic rings. The van der Waals surface area contributed by atoms with E-state index in [1.807, 2.05) is 0 Å². The van der Waals surface area contributed by atoms with Gasteiger partial charge in [0, 0.05) is 7.05 Å². The van der Waals surface area contributed by atoms with Crippen LogP contribution in [0, 0.1) is 0 Å². The molecule has 21 heavy (non-hydrogen) atoms. The van der Waals surface area contributed by atoms with Crippen molar-refractivity contribution in [3.63, 3.8) is 0 Å². The van der Waals surface area contributed by atoms with Gasteiger partial charge >= 0.3 is 0 Å². The molecule has 0 aliphatic carbocycles. The number of aromatic nitrogens is 4. The lowest BCUT2D eigenvalue weighted by molar-refractivity contribution is -0.185. The van der Waals surface area contributed by atoms with Gasteiger partial charge in [0.15, 0.2) is 17.7 Å². The van der Waals surface area contributed by atoms with E-state index in [4.69, 9.17) is 9.47 Å². The number of ether oxygens (including phenoxy) is 2. The Balaban J connectivity index is 1.79. The quantitative estimate of drug-likeness (QED) is 0.652. The van der Waals surface area contributed by atoms with Crippen molar-refractivity contribution in [1.29, 1.82) is 0 Å². The molecule has 2 bridgehead atoms. The third-order valence-corrected chi connectivity index (χ3v) is 4.14. The average molecular weight is 293 g/mol. The molecule has 4 rings (SSSR count). The number of aliphatic hydroxyl groups is 2. The molecule has 0 amide bonds. The van der Waals surface area contributed by atoms with E-state index in [1.165, 1.54) is 6.33 Å². The molecule has 9 heteroatoms. The van der Waals surface area contributed by atoms with Crippen LogP contribution in [0.2, 0.25) is 0 Å². The second-order valence-electron chi connectivity index (χ2n) is 5.25. The topological polar surface area (TPSA) is 115 Å². The molecule has 0 aromatic carbocycles. The molecule has 2 aliphatic heterocycles. The van der Waals surface area contributed by atoms with Gasteiger partial charge in [0.25, 0.3) is 0 Å². The van der Waals surface area contributed by atoms with Crippen LogP contribution in [0.5, 0.6) is 0 Å². The van der Waals surface area contributed by atoms with Gasteiger partial charge in [-0.25, -0.2) is 15.0 Å². The fourth-order valence-electron chi connectivity index (χ4n) is 2.98. The maximum Gasteiger partial charge on any atom is 0.167 e. The van der Waals surface area contributed by atoms with E-state index in [1.54, 1.807) is 17.9 Å². The monoisotopic (exact) mass is 293 g/mol. The fraction of sp³-hybridized carbons (Fsp3) is 0.583. The summed E-state index contributed by atoms with van der Waals surface area (Å²) in [4.78, 5) is 12.6. The van der Waals surface area contributed by atoms with E-state index in [2.05, 4.69) is 20.3 Å². The molecule has 0 saturated carbocycles. The van der Waals surface area contributed by atoms with Crippen molar-refractivity contribution in [2.24, 2.45) is 0 Å². The normalized spacial score (nSPS) is 34.7. The molecule has 9 nitrogen and oxygen atoms in total. The van der Waals surface area contributed by atoms with E-state index >= 15 is 0 Å². The number of aliphatic hydroxyl groups excluding tert-OH is 2. The maximum atomic E-state index is 10.2. The zero-order valence-electron chi connectivity index (χ0n) is 11.3. The third kappa shape index (κ3) is 1.57. The number of rotatable bonds is 3. The van der Waals surface area contributed by atoms with Crippen molar-refractivity contribution in [3.05, 3.63) is 12.7 Å². The van der Waals surface area contributed by atoms with Gasteiger partial charge in [-0.05, 0) is 0 Å². The molecule has 2 aromatic heterocycles. The Morgan fingerprint density at radius 2 is 2.33 bits per heavy atom. The van der Waals surface area contributed by atoms with Crippen molar-refractivity contribution < 1.29 is 19.7 Å². The molecule has 0 radical (unpaired) electrons. The molecular weight excluding hydrogens is 278 g/mol. The van der Waals surface area contributed by atoms with Crippen LogP contribution in [0.25, 0.3) is 11.2 Å². The lowest BCUT2D eigenvalue weighted by Gasteiger charge is -2.29. The number of imidazole rings is 1. The van der Waals surface area contributed by atoms with Crippen molar-refractivity contribution in [2.75, 3.05) is 25.6 Å². The molecule has 112 valence electrons. The van der Waals surface area contributed by atoms with Crippen molar-refractivity contribution >= 4 is 17.0 Å².